The van der Waals surface area contributed by atoms with Crippen molar-refractivity contribution < 1.29 is 14.7 Å². The molecule has 2 amide bonds. The number of rotatable bonds is 6. The lowest BCUT2D eigenvalue weighted by atomic mass is 10.0. The number of urea groups is 1. The van der Waals surface area contributed by atoms with Gasteiger partial charge in [-0.05, 0) is 39.1 Å². The molecule has 0 atom stereocenters. The Labute approximate surface area is 123 Å². The topological polar surface area (TPSA) is 60.9 Å². The highest BCUT2D eigenvalue weighted by atomic mass is 32.1. The summed E-state index contributed by atoms with van der Waals surface area (Å²) in [5, 5.41) is 11.3. The van der Waals surface area contributed by atoms with Gasteiger partial charge in [0.15, 0.2) is 0 Å². The van der Waals surface area contributed by atoms with E-state index in [1.165, 1.54) is 4.90 Å². The fourth-order valence-corrected chi connectivity index (χ4v) is 2.68. The maximum atomic E-state index is 12.6. The monoisotopic (exact) mass is 298 g/mol. The Balaban J connectivity index is 2.90. The Morgan fingerprint density at radius 1 is 1.30 bits per heavy atom. The van der Waals surface area contributed by atoms with Crippen molar-refractivity contribution in [1.82, 2.24) is 9.80 Å². The van der Waals surface area contributed by atoms with Gasteiger partial charge in [-0.3, -0.25) is 0 Å². The molecule has 5 nitrogen and oxygen atoms in total. The van der Waals surface area contributed by atoms with Gasteiger partial charge < -0.3 is 14.9 Å². The van der Waals surface area contributed by atoms with Crippen LogP contribution in [0.1, 0.15) is 32.6 Å². The summed E-state index contributed by atoms with van der Waals surface area (Å²) in [6.07, 6.45) is 0. The van der Waals surface area contributed by atoms with E-state index in [-0.39, 0.29) is 6.03 Å². The molecule has 0 unspecified atom stereocenters. The zero-order valence-corrected chi connectivity index (χ0v) is 13.2. The molecule has 1 aromatic rings. The molecule has 0 aliphatic rings. The molecule has 0 fully saturated rings. The van der Waals surface area contributed by atoms with E-state index < -0.39 is 11.5 Å². The lowest BCUT2D eigenvalue weighted by Crippen LogP contribution is -2.56. The first kappa shape index (κ1) is 16.5. The van der Waals surface area contributed by atoms with Gasteiger partial charge in [-0.25, -0.2) is 9.59 Å². The SMILES string of the molecule is CCN(Cc1cccs1)C(=O)N(CC)C(C)(C)C(=O)O. The predicted octanol–water partition coefficient (Wildman–Crippen LogP) is 2.88. The van der Waals surface area contributed by atoms with Crippen LogP contribution in [0.4, 0.5) is 4.79 Å². The van der Waals surface area contributed by atoms with E-state index >= 15 is 0 Å². The van der Waals surface area contributed by atoms with Crippen LogP contribution in [-0.2, 0) is 11.3 Å². The molecule has 6 heteroatoms. The van der Waals surface area contributed by atoms with Crippen molar-refractivity contribution in [3.8, 4) is 0 Å². The Morgan fingerprint density at radius 2 is 1.95 bits per heavy atom. The van der Waals surface area contributed by atoms with Crippen molar-refractivity contribution in [2.24, 2.45) is 0 Å². The van der Waals surface area contributed by atoms with Crippen molar-refractivity contribution in [2.45, 2.75) is 39.8 Å². The van der Waals surface area contributed by atoms with Gasteiger partial charge in [-0.2, -0.15) is 0 Å². The van der Waals surface area contributed by atoms with Gasteiger partial charge in [0, 0.05) is 18.0 Å². The minimum Gasteiger partial charge on any atom is -0.480 e. The minimum atomic E-state index is -1.21. The molecule has 112 valence electrons. The van der Waals surface area contributed by atoms with Crippen LogP contribution >= 0.6 is 11.3 Å². The number of likely N-dealkylation sites (N-methyl/N-ethyl adjacent to an activating group) is 1. The number of amides is 2. The maximum absolute atomic E-state index is 12.6. The van der Waals surface area contributed by atoms with Crippen LogP contribution in [0.2, 0.25) is 0 Å². The number of carbonyl (C=O) groups is 2. The number of hydrogen-bond donors (Lipinski definition) is 1. The third kappa shape index (κ3) is 3.50. The highest BCUT2D eigenvalue weighted by Gasteiger charge is 2.38. The Hall–Kier alpha value is -1.56. The maximum Gasteiger partial charge on any atom is 0.329 e. The lowest BCUT2D eigenvalue weighted by molar-refractivity contribution is -0.147. The van der Waals surface area contributed by atoms with Gasteiger partial charge >= 0.3 is 12.0 Å². The van der Waals surface area contributed by atoms with Crippen molar-refractivity contribution in [2.75, 3.05) is 13.1 Å². The van der Waals surface area contributed by atoms with E-state index in [4.69, 9.17) is 0 Å². The summed E-state index contributed by atoms with van der Waals surface area (Å²) in [5.74, 6) is -1.00. The van der Waals surface area contributed by atoms with Crippen molar-refractivity contribution in [3.05, 3.63) is 22.4 Å². The number of carboxylic acid groups (broad SMARTS) is 1. The minimum absolute atomic E-state index is 0.240. The van der Waals surface area contributed by atoms with Crippen LogP contribution in [0.3, 0.4) is 0 Å². The molecule has 20 heavy (non-hydrogen) atoms. The third-order valence-corrected chi connectivity index (χ3v) is 4.19. The molecule has 0 radical (unpaired) electrons. The zero-order valence-electron chi connectivity index (χ0n) is 12.4. The summed E-state index contributed by atoms with van der Waals surface area (Å²) in [7, 11) is 0. The van der Waals surface area contributed by atoms with Gasteiger partial charge in [0.1, 0.15) is 5.54 Å². The first-order valence-electron chi connectivity index (χ1n) is 6.66. The number of nitrogens with zero attached hydrogens (tertiary/aromatic N) is 2. The summed E-state index contributed by atoms with van der Waals surface area (Å²) in [6.45, 7) is 8.21. The Bertz CT molecular complexity index is 457. The molecular weight excluding hydrogens is 276 g/mol. The number of carboxylic acids is 1. The second-order valence-electron chi connectivity index (χ2n) is 4.98. The molecular formula is C14H22N2O3S. The van der Waals surface area contributed by atoms with Crippen molar-refractivity contribution in [1.29, 1.82) is 0 Å². The Morgan fingerprint density at radius 3 is 2.35 bits per heavy atom. The van der Waals surface area contributed by atoms with E-state index in [1.807, 2.05) is 24.4 Å². The van der Waals surface area contributed by atoms with Crippen molar-refractivity contribution in [3.63, 3.8) is 0 Å². The van der Waals surface area contributed by atoms with Gasteiger partial charge in [-0.1, -0.05) is 6.07 Å². The van der Waals surface area contributed by atoms with E-state index in [0.717, 1.165) is 4.88 Å². The van der Waals surface area contributed by atoms with Gasteiger partial charge in [0.25, 0.3) is 0 Å². The van der Waals surface area contributed by atoms with E-state index in [9.17, 15) is 14.7 Å². The first-order chi connectivity index (χ1) is 9.34. The van der Waals surface area contributed by atoms with Crippen LogP contribution in [0.15, 0.2) is 17.5 Å². The first-order valence-corrected chi connectivity index (χ1v) is 7.54. The second kappa shape index (κ2) is 6.74. The molecule has 1 rings (SSSR count). The molecule has 0 aromatic carbocycles. The summed E-state index contributed by atoms with van der Waals surface area (Å²) in [6, 6.07) is 3.67. The Kier molecular flexibility index (Phi) is 5.56. The average Bonchev–Trinajstić information content (AvgIpc) is 2.88. The standard InChI is InChI=1S/C14H22N2O3S/c1-5-15(10-11-8-7-9-20-11)13(19)16(6-2)14(3,4)12(17)18/h7-9H,5-6,10H2,1-4H3,(H,17,18). The number of thiophene rings is 1. The smallest absolute Gasteiger partial charge is 0.329 e. The van der Waals surface area contributed by atoms with Crippen LogP contribution in [-0.4, -0.2) is 45.5 Å². The summed E-state index contributed by atoms with van der Waals surface area (Å²) in [5.41, 5.74) is -1.21. The number of hydrogen-bond acceptors (Lipinski definition) is 3. The largest absolute Gasteiger partial charge is 0.480 e. The quantitative estimate of drug-likeness (QED) is 0.878. The van der Waals surface area contributed by atoms with Gasteiger partial charge in [0.05, 0.1) is 6.54 Å². The second-order valence-corrected chi connectivity index (χ2v) is 6.02. The molecule has 0 saturated heterocycles. The highest BCUT2D eigenvalue weighted by Crippen LogP contribution is 2.19. The van der Waals surface area contributed by atoms with E-state index in [2.05, 4.69) is 0 Å². The van der Waals surface area contributed by atoms with Crippen LogP contribution in [0, 0.1) is 0 Å². The van der Waals surface area contributed by atoms with E-state index in [0.29, 0.717) is 19.6 Å². The fourth-order valence-electron chi connectivity index (χ4n) is 1.96. The molecule has 0 bridgehead atoms. The molecule has 1 heterocycles. The van der Waals surface area contributed by atoms with Crippen molar-refractivity contribution >= 4 is 23.3 Å². The van der Waals surface area contributed by atoms with Crippen LogP contribution < -0.4 is 0 Å². The predicted molar refractivity (Wildman–Crippen MR) is 79.9 cm³/mol. The van der Waals surface area contributed by atoms with Crippen LogP contribution in [0.25, 0.3) is 0 Å². The highest BCUT2D eigenvalue weighted by molar-refractivity contribution is 7.09. The average molecular weight is 298 g/mol. The summed E-state index contributed by atoms with van der Waals surface area (Å²) in [4.78, 5) is 28.1. The molecule has 0 saturated carbocycles. The van der Waals surface area contributed by atoms with Gasteiger partial charge in [-0.15, -0.1) is 11.3 Å². The summed E-state index contributed by atoms with van der Waals surface area (Å²) >= 11 is 1.59. The summed E-state index contributed by atoms with van der Waals surface area (Å²) < 4.78 is 0. The molecule has 0 aliphatic carbocycles. The number of aliphatic carboxylic acids is 1. The zero-order chi connectivity index (χ0) is 15.3. The molecule has 0 aliphatic heterocycles. The molecule has 1 N–H and O–H groups in total. The van der Waals surface area contributed by atoms with E-state index in [1.54, 1.807) is 37.0 Å². The lowest BCUT2D eigenvalue weighted by Gasteiger charge is -2.37. The van der Waals surface area contributed by atoms with Crippen LogP contribution in [0.5, 0.6) is 0 Å². The fraction of sp³-hybridized carbons (Fsp3) is 0.571. The normalized spacial score (nSPS) is 11.2. The molecule has 0 spiro atoms. The molecule has 1 aromatic heterocycles. The van der Waals surface area contributed by atoms with Gasteiger partial charge in [0.2, 0.25) is 0 Å². The third-order valence-electron chi connectivity index (χ3n) is 3.32. The number of carbonyl (C=O) groups excluding carboxylic acids is 1.